The molecular formula is C19H15FN4O3. The number of carbonyl (C=O) groups is 2. The van der Waals surface area contributed by atoms with E-state index >= 15 is 0 Å². The quantitative estimate of drug-likeness (QED) is 0.672. The van der Waals surface area contributed by atoms with Gasteiger partial charge in [-0.3, -0.25) is 4.79 Å². The lowest BCUT2D eigenvalue weighted by atomic mass is 10.1. The van der Waals surface area contributed by atoms with Gasteiger partial charge in [0.1, 0.15) is 17.3 Å². The van der Waals surface area contributed by atoms with Gasteiger partial charge in [-0.15, -0.1) is 0 Å². The van der Waals surface area contributed by atoms with Crippen molar-refractivity contribution in [3.05, 3.63) is 78.0 Å². The van der Waals surface area contributed by atoms with E-state index in [2.05, 4.69) is 25.3 Å². The molecule has 3 aromatic rings. The van der Waals surface area contributed by atoms with Gasteiger partial charge in [0.15, 0.2) is 0 Å². The largest absolute Gasteiger partial charge is 0.465 e. The van der Waals surface area contributed by atoms with Crippen LogP contribution in [0.1, 0.15) is 20.8 Å². The average molecular weight is 366 g/mol. The predicted octanol–water partition coefficient (Wildman–Crippen LogP) is 3.40. The molecule has 0 bridgehead atoms. The zero-order chi connectivity index (χ0) is 19.2. The Labute approximate surface area is 154 Å². The van der Waals surface area contributed by atoms with Gasteiger partial charge in [0, 0.05) is 0 Å². The second-order valence-electron chi connectivity index (χ2n) is 5.38. The molecule has 0 saturated heterocycles. The highest BCUT2D eigenvalue weighted by molar-refractivity contribution is 6.06. The number of hydrogen-bond acceptors (Lipinski definition) is 6. The van der Waals surface area contributed by atoms with E-state index in [1.54, 1.807) is 36.4 Å². The smallest absolute Gasteiger partial charge is 0.339 e. The van der Waals surface area contributed by atoms with Crippen LogP contribution in [0.2, 0.25) is 0 Å². The zero-order valence-electron chi connectivity index (χ0n) is 14.3. The number of para-hydroxylation sites is 2. The Bertz CT molecular complexity index is 977. The maximum atomic E-state index is 13.6. The van der Waals surface area contributed by atoms with Gasteiger partial charge in [-0.25, -0.2) is 19.2 Å². The Morgan fingerprint density at radius 1 is 0.963 bits per heavy atom. The molecule has 1 heterocycles. The third-order valence-corrected chi connectivity index (χ3v) is 3.60. The van der Waals surface area contributed by atoms with Gasteiger partial charge in [-0.1, -0.05) is 24.3 Å². The Kier molecular flexibility index (Phi) is 5.36. The van der Waals surface area contributed by atoms with Crippen molar-refractivity contribution >= 4 is 29.1 Å². The van der Waals surface area contributed by atoms with Crippen molar-refractivity contribution in [2.45, 2.75) is 0 Å². The fourth-order valence-corrected chi connectivity index (χ4v) is 2.28. The van der Waals surface area contributed by atoms with Crippen LogP contribution in [0.25, 0.3) is 0 Å². The number of halogens is 1. The molecule has 1 amide bonds. The first-order chi connectivity index (χ1) is 13.1. The van der Waals surface area contributed by atoms with Crippen LogP contribution in [-0.2, 0) is 4.74 Å². The highest BCUT2D eigenvalue weighted by Crippen LogP contribution is 2.19. The summed E-state index contributed by atoms with van der Waals surface area (Å²) in [5, 5.41) is 5.38. The number of nitrogens with zero attached hydrogens (tertiary/aromatic N) is 2. The number of amides is 1. The summed E-state index contributed by atoms with van der Waals surface area (Å²) in [5.41, 5.74) is 0.800. The molecule has 0 aliphatic heterocycles. The van der Waals surface area contributed by atoms with E-state index in [4.69, 9.17) is 0 Å². The molecule has 27 heavy (non-hydrogen) atoms. The average Bonchev–Trinajstić information content (AvgIpc) is 2.70. The first kappa shape index (κ1) is 18.0. The van der Waals surface area contributed by atoms with E-state index < -0.39 is 17.7 Å². The monoisotopic (exact) mass is 366 g/mol. The van der Waals surface area contributed by atoms with Gasteiger partial charge in [-0.2, -0.15) is 0 Å². The van der Waals surface area contributed by atoms with E-state index in [0.29, 0.717) is 5.69 Å². The van der Waals surface area contributed by atoms with Crippen LogP contribution in [0.15, 0.2) is 60.9 Å². The van der Waals surface area contributed by atoms with Gasteiger partial charge in [0.05, 0.1) is 36.4 Å². The van der Waals surface area contributed by atoms with Crippen molar-refractivity contribution in [3.8, 4) is 0 Å². The lowest BCUT2D eigenvalue weighted by Crippen LogP contribution is -2.17. The third kappa shape index (κ3) is 4.24. The van der Waals surface area contributed by atoms with Gasteiger partial charge < -0.3 is 15.4 Å². The molecule has 0 atom stereocenters. The van der Waals surface area contributed by atoms with Crippen molar-refractivity contribution in [1.29, 1.82) is 0 Å². The minimum Gasteiger partial charge on any atom is -0.465 e. The number of ether oxygens (including phenoxy) is 1. The summed E-state index contributed by atoms with van der Waals surface area (Å²) in [6, 6.07) is 12.6. The molecule has 0 unspecified atom stereocenters. The Balaban J connectivity index is 1.73. The van der Waals surface area contributed by atoms with Crippen molar-refractivity contribution < 1.29 is 18.7 Å². The van der Waals surface area contributed by atoms with Crippen molar-refractivity contribution in [3.63, 3.8) is 0 Å². The van der Waals surface area contributed by atoms with Crippen LogP contribution < -0.4 is 10.6 Å². The number of anilines is 3. The number of rotatable bonds is 5. The normalized spacial score (nSPS) is 10.1. The first-order valence-electron chi connectivity index (χ1n) is 7.91. The lowest BCUT2D eigenvalue weighted by molar-refractivity contribution is 0.0602. The Morgan fingerprint density at radius 2 is 1.67 bits per heavy atom. The molecule has 136 valence electrons. The van der Waals surface area contributed by atoms with E-state index in [1.165, 1.54) is 31.6 Å². The molecule has 2 aromatic carbocycles. The summed E-state index contributed by atoms with van der Waals surface area (Å²) in [6.07, 6.45) is 2.56. The van der Waals surface area contributed by atoms with Crippen LogP contribution in [0, 0.1) is 5.82 Å². The van der Waals surface area contributed by atoms with Crippen LogP contribution >= 0.6 is 0 Å². The molecule has 0 radical (unpaired) electrons. The predicted molar refractivity (Wildman–Crippen MR) is 97.4 cm³/mol. The van der Waals surface area contributed by atoms with Crippen LogP contribution in [0.4, 0.5) is 21.6 Å². The molecular weight excluding hydrogens is 351 g/mol. The van der Waals surface area contributed by atoms with Crippen LogP contribution in [0.3, 0.4) is 0 Å². The van der Waals surface area contributed by atoms with Crippen LogP contribution in [-0.4, -0.2) is 29.0 Å². The van der Waals surface area contributed by atoms with Crippen LogP contribution in [0.5, 0.6) is 0 Å². The first-order valence-corrected chi connectivity index (χ1v) is 7.91. The maximum Gasteiger partial charge on any atom is 0.339 e. The van der Waals surface area contributed by atoms with E-state index in [0.717, 1.165) is 0 Å². The number of benzene rings is 2. The summed E-state index contributed by atoms with van der Waals surface area (Å²) in [7, 11) is 1.26. The lowest BCUT2D eigenvalue weighted by Gasteiger charge is -2.10. The van der Waals surface area contributed by atoms with E-state index in [9.17, 15) is 14.0 Å². The molecule has 2 N–H and O–H groups in total. The Hall–Kier alpha value is -3.81. The molecule has 0 aliphatic rings. The highest BCUT2D eigenvalue weighted by Gasteiger charge is 2.15. The molecule has 1 aromatic heterocycles. The molecule has 3 rings (SSSR count). The second kappa shape index (κ2) is 8.05. The molecule has 0 saturated carbocycles. The summed E-state index contributed by atoms with van der Waals surface area (Å²) in [6.45, 7) is 0. The van der Waals surface area contributed by atoms with Crippen molar-refractivity contribution in [2.24, 2.45) is 0 Å². The summed E-state index contributed by atoms with van der Waals surface area (Å²) in [4.78, 5) is 32.2. The summed E-state index contributed by atoms with van der Waals surface area (Å²) in [5.74, 6) is -1.26. The number of aromatic nitrogens is 2. The van der Waals surface area contributed by atoms with E-state index in [-0.39, 0.29) is 22.8 Å². The summed E-state index contributed by atoms with van der Waals surface area (Å²) < 4.78 is 18.3. The highest BCUT2D eigenvalue weighted by atomic mass is 19.1. The molecule has 0 spiro atoms. The fraction of sp³-hybridized carbons (Fsp3) is 0.0526. The number of nitrogens with one attached hydrogen (secondary N) is 2. The third-order valence-electron chi connectivity index (χ3n) is 3.60. The number of hydrogen-bond donors (Lipinski definition) is 2. The van der Waals surface area contributed by atoms with Gasteiger partial charge >= 0.3 is 5.97 Å². The molecule has 7 nitrogen and oxygen atoms in total. The van der Waals surface area contributed by atoms with Crippen molar-refractivity contribution in [1.82, 2.24) is 9.97 Å². The second-order valence-corrected chi connectivity index (χ2v) is 5.38. The van der Waals surface area contributed by atoms with E-state index in [1.807, 2.05) is 0 Å². The molecule has 8 heteroatoms. The Morgan fingerprint density at radius 3 is 2.33 bits per heavy atom. The maximum absolute atomic E-state index is 13.6. The van der Waals surface area contributed by atoms with Gasteiger partial charge in [-0.05, 0) is 24.3 Å². The van der Waals surface area contributed by atoms with Gasteiger partial charge in [0.25, 0.3) is 5.91 Å². The molecule has 0 fully saturated rings. The SMILES string of the molecule is COC(=O)c1ccccc1NC(=O)c1cnc(Nc2ccccc2F)cn1. The standard InChI is InChI=1S/C19H15FN4O3/c1-27-19(26)12-6-2-4-8-14(12)24-18(25)16-10-22-17(11-21-16)23-15-9-5-3-7-13(15)20/h2-11H,1H3,(H,22,23)(H,24,25). The van der Waals surface area contributed by atoms with Gasteiger partial charge in [0.2, 0.25) is 0 Å². The fourth-order valence-electron chi connectivity index (χ4n) is 2.28. The van der Waals surface area contributed by atoms with Crippen molar-refractivity contribution in [2.75, 3.05) is 17.7 Å². The number of methoxy groups -OCH3 is 1. The zero-order valence-corrected chi connectivity index (χ0v) is 14.3. The molecule has 0 aliphatic carbocycles. The number of esters is 1. The minimum atomic E-state index is -0.568. The minimum absolute atomic E-state index is 0.0359. The number of carbonyl (C=O) groups excluding carboxylic acids is 2. The summed E-state index contributed by atoms with van der Waals surface area (Å²) >= 11 is 0. The topological polar surface area (TPSA) is 93.2 Å².